The molecule has 90 valence electrons. The summed E-state index contributed by atoms with van der Waals surface area (Å²) in [7, 11) is -3.05. The van der Waals surface area contributed by atoms with Crippen molar-refractivity contribution >= 4 is 21.3 Å². The molecule has 0 amide bonds. The van der Waals surface area contributed by atoms with E-state index in [1.807, 2.05) is 0 Å². The van der Waals surface area contributed by atoms with E-state index in [2.05, 4.69) is 10.1 Å². The summed E-state index contributed by atoms with van der Waals surface area (Å²) in [6.45, 7) is 0. The summed E-state index contributed by atoms with van der Waals surface area (Å²) < 4.78 is 25.3. The van der Waals surface area contributed by atoms with Gasteiger partial charge in [0.05, 0.1) is 17.2 Å². The van der Waals surface area contributed by atoms with Crippen molar-refractivity contribution in [2.75, 3.05) is 11.5 Å². The third-order valence-electron chi connectivity index (χ3n) is 3.13. The van der Waals surface area contributed by atoms with Crippen molar-refractivity contribution in [1.29, 1.82) is 0 Å². The fourth-order valence-corrected chi connectivity index (χ4v) is 4.23. The molecule has 6 nitrogen and oxygen atoms in total. The number of nitrogens with zero attached hydrogens (tertiary/aromatic N) is 3. The number of hydrogen-bond donors (Lipinski definition) is 1. The molecule has 1 saturated heterocycles. The molecule has 2 N–H and O–H groups in total. The first-order chi connectivity index (χ1) is 8.09. The van der Waals surface area contributed by atoms with Gasteiger partial charge in [-0.05, 0) is 18.9 Å². The Kier molecular flexibility index (Phi) is 2.12. The summed E-state index contributed by atoms with van der Waals surface area (Å²) in [5.41, 5.74) is 6.95. The first-order valence-electron chi connectivity index (χ1n) is 5.39. The summed E-state index contributed by atoms with van der Waals surface area (Å²) in [6.07, 6.45) is 4.47. The minimum atomic E-state index is -3.05. The van der Waals surface area contributed by atoms with Crippen LogP contribution in [0.2, 0.25) is 0 Å². The van der Waals surface area contributed by atoms with Gasteiger partial charge in [-0.25, -0.2) is 13.4 Å². The van der Waals surface area contributed by atoms with Gasteiger partial charge in [-0.2, -0.15) is 9.61 Å². The van der Waals surface area contributed by atoms with Gasteiger partial charge in [0.15, 0.2) is 15.5 Å². The monoisotopic (exact) mass is 252 g/mol. The highest BCUT2D eigenvalue weighted by Gasteiger charge is 2.35. The summed E-state index contributed by atoms with van der Waals surface area (Å²) in [4.78, 5) is 4.17. The third-order valence-corrected chi connectivity index (χ3v) is 5.35. The number of anilines is 1. The maximum atomic E-state index is 11.9. The Bertz CT molecular complexity index is 677. The minimum Gasteiger partial charge on any atom is -0.384 e. The van der Waals surface area contributed by atoms with Crippen LogP contribution in [0, 0.1) is 0 Å². The Morgan fingerprint density at radius 1 is 1.47 bits per heavy atom. The highest BCUT2D eigenvalue weighted by molar-refractivity contribution is 7.91. The molecule has 1 aliphatic heterocycles. The van der Waals surface area contributed by atoms with Crippen molar-refractivity contribution in [2.45, 2.75) is 18.1 Å². The van der Waals surface area contributed by atoms with Crippen molar-refractivity contribution in [1.82, 2.24) is 14.6 Å². The first kappa shape index (κ1) is 10.5. The van der Waals surface area contributed by atoms with E-state index in [4.69, 9.17) is 5.73 Å². The van der Waals surface area contributed by atoms with Crippen LogP contribution < -0.4 is 5.73 Å². The van der Waals surface area contributed by atoms with Crippen molar-refractivity contribution in [2.24, 2.45) is 0 Å². The third kappa shape index (κ3) is 1.49. The van der Waals surface area contributed by atoms with E-state index in [9.17, 15) is 8.42 Å². The highest BCUT2D eigenvalue weighted by Crippen LogP contribution is 2.36. The molecule has 1 atom stereocenters. The van der Waals surface area contributed by atoms with E-state index < -0.39 is 15.1 Å². The summed E-state index contributed by atoms with van der Waals surface area (Å²) in [6, 6.07) is 1.63. The highest BCUT2D eigenvalue weighted by atomic mass is 32.2. The number of sulfone groups is 1. The molecule has 0 spiro atoms. The zero-order chi connectivity index (χ0) is 12.0. The number of nitrogens with two attached hydrogens (primary N) is 1. The van der Waals surface area contributed by atoms with Crippen LogP contribution in [-0.4, -0.2) is 28.8 Å². The van der Waals surface area contributed by atoms with Gasteiger partial charge in [-0.3, -0.25) is 0 Å². The molecule has 1 fully saturated rings. The van der Waals surface area contributed by atoms with Gasteiger partial charge < -0.3 is 5.73 Å². The molecule has 17 heavy (non-hydrogen) atoms. The van der Waals surface area contributed by atoms with Crippen LogP contribution in [0.4, 0.5) is 5.82 Å². The molecular weight excluding hydrogens is 240 g/mol. The molecular formula is C10H12N4O2S. The topological polar surface area (TPSA) is 90.3 Å². The van der Waals surface area contributed by atoms with Gasteiger partial charge in [-0.15, -0.1) is 0 Å². The van der Waals surface area contributed by atoms with E-state index in [-0.39, 0.29) is 5.75 Å². The molecule has 0 radical (unpaired) electrons. The average Bonchev–Trinajstić information content (AvgIpc) is 2.82. The number of aromatic nitrogens is 3. The van der Waals surface area contributed by atoms with Crippen molar-refractivity contribution < 1.29 is 8.42 Å². The second-order valence-corrected chi connectivity index (χ2v) is 6.51. The fraction of sp³-hybridized carbons (Fsp3) is 0.400. The summed E-state index contributed by atoms with van der Waals surface area (Å²) in [5.74, 6) is 0.703. The zero-order valence-electron chi connectivity index (χ0n) is 9.07. The first-order valence-corrected chi connectivity index (χ1v) is 7.11. The van der Waals surface area contributed by atoms with Crippen molar-refractivity contribution in [3.63, 3.8) is 0 Å². The second kappa shape index (κ2) is 3.43. The Balaban J connectivity index is 2.22. The molecule has 0 bridgehead atoms. The smallest absolute Gasteiger partial charge is 0.161 e. The second-order valence-electron chi connectivity index (χ2n) is 4.20. The lowest BCUT2D eigenvalue weighted by molar-refractivity contribution is 0.592. The Morgan fingerprint density at radius 3 is 3.00 bits per heavy atom. The molecule has 0 aliphatic carbocycles. The molecule has 3 heterocycles. The van der Waals surface area contributed by atoms with Gasteiger partial charge in [0.1, 0.15) is 5.82 Å². The van der Waals surface area contributed by atoms with Gasteiger partial charge in [-0.1, -0.05) is 0 Å². The maximum Gasteiger partial charge on any atom is 0.161 e. The van der Waals surface area contributed by atoms with E-state index in [1.54, 1.807) is 18.5 Å². The van der Waals surface area contributed by atoms with Crippen LogP contribution in [-0.2, 0) is 9.84 Å². The van der Waals surface area contributed by atoms with E-state index in [0.717, 1.165) is 0 Å². The predicted molar refractivity (Wildman–Crippen MR) is 63.2 cm³/mol. The molecule has 3 rings (SSSR count). The van der Waals surface area contributed by atoms with Crippen LogP contribution >= 0.6 is 0 Å². The van der Waals surface area contributed by atoms with E-state index >= 15 is 0 Å². The Hall–Kier alpha value is -1.63. The normalized spacial score (nSPS) is 23.2. The van der Waals surface area contributed by atoms with Gasteiger partial charge in [0.2, 0.25) is 0 Å². The lowest BCUT2D eigenvalue weighted by Gasteiger charge is -2.06. The minimum absolute atomic E-state index is 0.247. The number of rotatable bonds is 1. The lowest BCUT2D eigenvalue weighted by atomic mass is 10.1. The Morgan fingerprint density at radius 2 is 2.29 bits per heavy atom. The van der Waals surface area contributed by atoms with E-state index in [1.165, 1.54) is 4.52 Å². The molecule has 2 aromatic rings. The molecule has 0 saturated carbocycles. The molecule has 7 heteroatoms. The molecule has 1 aliphatic rings. The Labute approximate surface area is 98.4 Å². The molecule has 0 aromatic carbocycles. The van der Waals surface area contributed by atoms with Crippen LogP contribution in [0.1, 0.15) is 23.7 Å². The summed E-state index contributed by atoms with van der Waals surface area (Å²) in [5, 5.41) is 3.62. The van der Waals surface area contributed by atoms with Crippen LogP contribution in [0.25, 0.3) is 5.65 Å². The SMILES string of the molecule is Nc1ccnc2c(C3CCCS3(=O)=O)cnn12. The van der Waals surface area contributed by atoms with Crippen molar-refractivity contribution in [3.8, 4) is 0 Å². The zero-order valence-corrected chi connectivity index (χ0v) is 9.89. The van der Waals surface area contributed by atoms with Crippen LogP contribution in [0.5, 0.6) is 0 Å². The largest absolute Gasteiger partial charge is 0.384 e. The maximum absolute atomic E-state index is 11.9. The van der Waals surface area contributed by atoms with Gasteiger partial charge in [0, 0.05) is 11.8 Å². The van der Waals surface area contributed by atoms with Crippen LogP contribution in [0.15, 0.2) is 18.5 Å². The number of nitrogen functional groups attached to an aromatic ring is 1. The fourth-order valence-electron chi connectivity index (χ4n) is 2.30. The standard InChI is InChI=1S/C10H12N4O2S/c11-9-3-4-12-10-7(6-13-14(9)10)8-2-1-5-17(8,15)16/h3-4,6,8H,1-2,5,11H2. The van der Waals surface area contributed by atoms with Gasteiger partial charge in [0.25, 0.3) is 0 Å². The van der Waals surface area contributed by atoms with Crippen molar-refractivity contribution in [3.05, 3.63) is 24.0 Å². The molecule has 1 unspecified atom stereocenters. The van der Waals surface area contributed by atoms with Crippen LogP contribution in [0.3, 0.4) is 0 Å². The predicted octanol–water partition coefficient (Wildman–Crippen LogP) is 0.561. The average molecular weight is 252 g/mol. The number of fused-ring (bicyclic) bond motifs is 1. The van der Waals surface area contributed by atoms with E-state index in [0.29, 0.717) is 29.9 Å². The van der Waals surface area contributed by atoms with Gasteiger partial charge >= 0.3 is 0 Å². The number of hydrogen-bond acceptors (Lipinski definition) is 5. The molecule has 2 aromatic heterocycles. The quantitative estimate of drug-likeness (QED) is 0.801. The lowest BCUT2D eigenvalue weighted by Crippen LogP contribution is -2.08. The summed E-state index contributed by atoms with van der Waals surface area (Å²) >= 11 is 0.